The number of hydrogen-bond donors (Lipinski definition) is 4. The van der Waals surface area contributed by atoms with Crippen molar-refractivity contribution in [3.63, 3.8) is 0 Å². The average molecular weight is 587 g/mol. The van der Waals surface area contributed by atoms with Crippen molar-refractivity contribution in [3.05, 3.63) is 58.1 Å². The van der Waals surface area contributed by atoms with Crippen molar-refractivity contribution in [2.24, 2.45) is 11.7 Å². The van der Waals surface area contributed by atoms with Gasteiger partial charge in [-0.25, -0.2) is 4.79 Å². The van der Waals surface area contributed by atoms with Crippen LogP contribution < -0.4 is 16.4 Å². The fourth-order valence-electron chi connectivity index (χ4n) is 4.61. The summed E-state index contributed by atoms with van der Waals surface area (Å²) in [5.74, 6) is -1.61. The van der Waals surface area contributed by atoms with Gasteiger partial charge in [0.2, 0.25) is 11.8 Å². The first-order valence-corrected chi connectivity index (χ1v) is 13.9. The van der Waals surface area contributed by atoms with E-state index in [1.165, 1.54) is 11.0 Å². The number of phenols is 1. The molecule has 1 aliphatic carbocycles. The lowest BCUT2D eigenvalue weighted by molar-refractivity contribution is -0.142. The minimum Gasteiger partial charge on any atom is -0.508 e. The van der Waals surface area contributed by atoms with Gasteiger partial charge in [-0.1, -0.05) is 36.7 Å². The Labute approximate surface area is 245 Å². The summed E-state index contributed by atoms with van der Waals surface area (Å²) in [7, 11) is 0. The van der Waals surface area contributed by atoms with Gasteiger partial charge in [0, 0.05) is 12.5 Å². The van der Waals surface area contributed by atoms with Crippen LogP contribution in [-0.4, -0.2) is 51.5 Å². The van der Waals surface area contributed by atoms with E-state index in [-0.39, 0.29) is 30.6 Å². The fourth-order valence-corrected chi connectivity index (χ4v) is 4.88. The Morgan fingerprint density at radius 1 is 1.15 bits per heavy atom. The van der Waals surface area contributed by atoms with Crippen molar-refractivity contribution in [1.29, 1.82) is 0 Å². The number of phenolic OH excluding ortho intramolecular Hbond substituents is 1. The molecule has 4 atom stereocenters. The van der Waals surface area contributed by atoms with E-state index in [1.807, 2.05) is 6.92 Å². The molecule has 1 fully saturated rings. The first-order chi connectivity index (χ1) is 19.1. The van der Waals surface area contributed by atoms with Gasteiger partial charge >= 0.3 is 6.09 Å². The molecule has 10 nitrogen and oxygen atoms in total. The molecule has 41 heavy (non-hydrogen) atoms. The van der Waals surface area contributed by atoms with Gasteiger partial charge in [-0.3, -0.25) is 14.4 Å². The molecule has 1 aliphatic rings. The molecular formula is C30H39ClN4O6. The van der Waals surface area contributed by atoms with E-state index in [4.69, 9.17) is 22.1 Å². The molecule has 0 spiro atoms. The zero-order valence-electron chi connectivity index (χ0n) is 24.3. The normalized spacial score (nSPS) is 17.6. The number of nitrogens with zero attached hydrogens (tertiary/aromatic N) is 1. The Kier molecular flexibility index (Phi) is 9.91. The van der Waals surface area contributed by atoms with Gasteiger partial charge in [-0.15, -0.1) is 0 Å². The molecule has 2 aromatic rings. The number of primary amides is 1. The zero-order chi connectivity index (χ0) is 30.6. The molecule has 0 aliphatic heterocycles. The maximum atomic E-state index is 14.3. The second kappa shape index (κ2) is 12.8. The topological polar surface area (TPSA) is 151 Å². The second-order valence-electron chi connectivity index (χ2n) is 11.6. The highest BCUT2D eigenvalue weighted by Gasteiger charge is 2.48. The Hall–Kier alpha value is -3.79. The largest absolute Gasteiger partial charge is 0.508 e. The standard InChI is InChI=1S/C30H39ClN4O6/c1-16-8-7-9-20(31)25(16)34-27(38)26(19-10-12-23(36)18(3)14-19)35(22-15-17(22)2)28(39)21(11-13-24(32)37)33-29(40)41-30(4,5)6/h7-10,12,14,17,21-22,26,36H,11,13,15H2,1-6H3,(H2,32,37)(H,33,40)(H,34,38). The Morgan fingerprint density at radius 3 is 2.34 bits per heavy atom. The molecule has 0 radical (unpaired) electrons. The van der Waals surface area contributed by atoms with E-state index in [9.17, 15) is 24.3 Å². The Bertz CT molecular complexity index is 1300. The predicted molar refractivity (Wildman–Crippen MR) is 156 cm³/mol. The van der Waals surface area contributed by atoms with Crippen molar-refractivity contribution in [1.82, 2.24) is 10.2 Å². The van der Waals surface area contributed by atoms with Crippen LogP contribution in [0.25, 0.3) is 0 Å². The molecule has 4 unspecified atom stereocenters. The summed E-state index contributed by atoms with van der Waals surface area (Å²) in [4.78, 5) is 54.2. The number of hydrogen-bond acceptors (Lipinski definition) is 6. The van der Waals surface area contributed by atoms with Crippen LogP contribution in [0.3, 0.4) is 0 Å². The van der Waals surface area contributed by atoms with E-state index in [0.29, 0.717) is 28.3 Å². The number of para-hydroxylation sites is 1. The summed E-state index contributed by atoms with van der Waals surface area (Å²) in [6, 6.07) is 7.25. The lowest BCUT2D eigenvalue weighted by atomic mass is 9.98. The summed E-state index contributed by atoms with van der Waals surface area (Å²) in [6.45, 7) is 10.5. The highest BCUT2D eigenvalue weighted by molar-refractivity contribution is 6.34. The summed E-state index contributed by atoms with van der Waals surface area (Å²) in [6.07, 6.45) is -0.462. The van der Waals surface area contributed by atoms with Crippen molar-refractivity contribution in [2.45, 2.75) is 84.5 Å². The summed E-state index contributed by atoms with van der Waals surface area (Å²) in [5, 5.41) is 16.0. The van der Waals surface area contributed by atoms with Crippen LogP contribution in [0.4, 0.5) is 10.5 Å². The number of carbonyl (C=O) groups excluding carboxylic acids is 4. The zero-order valence-corrected chi connectivity index (χ0v) is 25.0. The predicted octanol–water partition coefficient (Wildman–Crippen LogP) is 4.74. The van der Waals surface area contributed by atoms with Gasteiger partial charge in [0.25, 0.3) is 5.91 Å². The number of nitrogens with two attached hydrogens (primary N) is 1. The molecule has 4 amide bonds. The minimum atomic E-state index is -1.19. The average Bonchev–Trinajstić information content (AvgIpc) is 3.58. The van der Waals surface area contributed by atoms with E-state index < -0.39 is 41.5 Å². The quantitative estimate of drug-likeness (QED) is 0.316. The van der Waals surface area contributed by atoms with Gasteiger partial charge in [0.1, 0.15) is 23.4 Å². The number of aromatic hydroxyl groups is 1. The number of alkyl carbamates (subject to hydrolysis) is 1. The summed E-state index contributed by atoms with van der Waals surface area (Å²) < 4.78 is 5.37. The second-order valence-corrected chi connectivity index (χ2v) is 12.0. The van der Waals surface area contributed by atoms with Crippen molar-refractivity contribution in [2.75, 3.05) is 5.32 Å². The Morgan fingerprint density at radius 2 is 1.80 bits per heavy atom. The fraction of sp³-hybridized carbons (Fsp3) is 0.467. The number of ether oxygens (including phenoxy) is 1. The lowest BCUT2D eigenvalue weighted by Crippen LogP contribution is -2.53. The molecule has 11 heteroatoms. The van der Waals surface area contributed by atoms with Crippen LogP contribution in [0.2, 0.25) is 5.02 Å². The first-order valence-electron chi connectivity index (χ1n) is 13.5. The Balaban J connectivity index is 2.08. The first kappa shape index (κ1) is 31.7. The minimum absolute atomic E-state index is 0.0402. The number of nitrogens with one attached hydrogen (secondary N) is 2. The van der Waals surface area contributed by atoms with Gasteiger partial charge < -0.3 is 31.1 Å². The molecular weight excluding hydrogens is 548 g/mol. The summed E-state index contributed by atoms with van der Waals surface area (Å²) >= 11 is 6.41. The van der Waals surface area contributed by atoms with Crippen LogP contribution in [-0.2, 0) is 19.1 Å². The van der Waals surface area contributed by atoms with Crippen molar-refractivity contribution < 1.29 is 29.0 Å². The summed E-state index contributed by atoms with van der Waals surface area (Å²) in [5.41, 5.74) is 6.67. The maximum Gasteiger partial charge on any atom is 0.408 e. The molecule has 0 bridgehead atoms. The number of anilines is 1. The van der Waals surface area contributed by atoms with E-state index in [2.05, 4.69) is 10.6 Å². The van der Waals surface area contributed by atoms with Crippen molar-refractivity contribution in [3.8, 4) is 5.75 Å². The number of amides is 4. The van der Waals surface area contributed by atoms with Crippen LogP contribution >= 0.6 is 11.6 Å². The molecule has 0 aromatic heterocycles. The highest BCUT2D eigenvalue weighted by Crippen LogP contribution is 2.42. The van der Waals surface area contributed by atoms with E-state index >= 15 is 0 Å². The van der Waals surface area contributed by atoms with Gasteiger partial charge in [0.15, 0.2) is 0 Å². The monoisotopic (exact) mass is 586 g/mol. The van der Waals surface area contributed by atoms with Gasteiger partial charge in [-0.05, 0) is 88.3 Å². The van der Waals surface area contributed by atoms with Crippen LogP contribution in [0.5, 0.6) is 5.75 Å². The molecule has 5 N–H and O–H groups in total. The van der Waals surface area contributed by atoms with Gasteiger partial charge in [0.05, 0.1) is 10.7 Å². The lowest BCUT2D eigenvalue weighted by Gasteiger charge is -2.35. The van der Waals surface area contributed by atoms with Crippen LogP contribution in [0.1, 0.15) is 69.7 Å². The number of halogens is 1. The molecule has 222 valence electrons. The third-order valence-electron chi connectivity index (χ3n) is 6.88. The van der Waals surface area contributed by atoms with Crippen LogP contribution in [0.15, 0.2) is 36.4 Å². The van der Waals surface area contributed by atoms with Crippen molar-refractivity contribution >= 4 is 41.1 Å². The number of benzene rings is 2. The number of carbonyl (C=O) groups is 4. The van der Waals surface area contributed by atoms with E-state index in [0.717, 1.165) is 5.56 Å². The third kappa shape index (κ3) is 8.36. The highest BCUT2D eigenvalue weighted by atomic mass is 35.5. The molecule has 3 rings (SSSR count). The van der Waals surface area contributed by atoms with Gasteiger partial charge in [-0.2, -0.15) is 0 Å². The maximum absolute atomic E-state index is 14.3. The number of rotatable bonds is 10. The SMILES string of the molecule is Cc1cc(C(C(=O)Nc2c(C)cccc2Cl)N(C(=O)C(CCC(N)=O)NC(=O)OC(C)(C)C)C2CC2C)ccc1O. The molecule has 0 heterocycles. The third-order valence-corrected chi connectivity index (χ3v) is 7.20. The number of aryl methyl sites for hydroxylation is 2. The molecule has 0 saturated heterocycles. The smallest absolute Gasteiger partial charge is 0.408 e. The molecule has 1 saturated carbocycles. The van der Waals surface area contributed by atoms with E-state index in [1.54, 1.807) is 65.0 Å². The molecule has 2 aromatic carbocycles. The van der Waals surface area contributed by atoms with Crippen LogP contribution in [0, 0.1) is 19.8 Å².